The second kappa shape index (κ2) is 5.38. The minimum atomic E-state index is -3.71. The maximum absolute atomic E-state index is 14.5. The molecule has 0 bridgehead atoms. The molecule has 2 heterocycles. The Hall–Kier alpha value is -2.90. The number of benzene rings is 1. The number of para-hydroxylation sites is 1. The van der Waals surface area contributed by atoms with E-state index in [4.69, 9.17) is 4.74 Å². The SMILES string of the molecule is COc1cccc2c(O)nc(C(F)(F)c3ccc(F)cn3)nc12. The van der Waals surface area contributed by atoms with Crippen LogP contribution in [0, 0.1) is 5.82 Å². The molecule has 0 atom stereocenters. The van der Waals surface area contributed by atoms with E-state index < -0.39 is 29.1 Å². The highest BCUT2D eigenvalue weighted by Gasteiger charge is 2.40. The Labute approximate surface area is 128 Å². The minimum Gasteiger partial charge on any atom is -0.494 e. The molecule has 5 nitrogen and oxygen atoms in total. The second-order valence-electron chi connectivity index (χ2n) is 4.66. The average molecular weight is 321 g/mol. The van der Waals surface area contributed by atoms with Crippen molar-refractivity contribution in [2.24, 2.45) is 0 Å². The topological polar surface area (TPSA) is 68.1 Å². The first kappa shape index (κ1) is 15.0. The zero-order chi connectivity index (χ0) is 16.6. The summed E-state index contributed by atoms with van der Waals surface area (Å²) < 4.78 is 46.9. The fourth-order valence-corrected chi connectivity index (χ4v) is 2.09. The molecule has 2 aromatic heterocycles. The Morgan fingerprint density at radius 1 is 1.13 bits per heavy atom. The van der Waals surface area contributed by atoms with Gasteiger partial charge in [-0.15, -0.1) is 0 Å². The van der Waals surface area contributed by atoms with E-state index in [1.165, 1.54) is 19.2 Å². The molecule has 0 radical (unpaired) electrons. The Bertz CT molecular complexity index is 870. The lowest BCUT2D eigenvalue weighted by Crippen LogP contribution is -2.21. The number of rotatable bonds is 3. The normalized spacial score (nSPS) is 11.7. The Kier molecular flexibility index (Phi) is 3.51. The lowest BCUT2D eigenvalue weighted by atomic mass is 10.1. The summed E-state index contributed by atoms with van der Waals surface area (Å²) >= 11 is 0. The molecular weight excluding hydrogens is 311 g/mol. The van der Waals surface area contributed by atoms with Gasteiger partial charge in [0.25, 0.3) is 0 Å². The molecule has 0 spiro atoms. The molecule has 23 heavy (non-hydrogen) atoms. The summed E-state index contributed by atoms with van der Waals surface area (Å²) in [5.41, 5.74) is -0.688. The lowest BCUT2D eigenvalue weighted by Gasteiger charge is -2.15. The number of aromatic nitrogens is 3. The van der Waals surface area contributed by atoms with Crippen LogP contribution in [0.4, 0.5) is 13.2 Å². The molecule has 0 amide bonds. The average Bonchev–Trinajstić information content (AvgIpc) is 2.54. The zero-order valence-corrected chi connectivity index (χ0v) is 11.8. The summed E-state index contributed by atoms with van der Waals surface area (Å²) in [6, 6.07) is 6.27. The van der Waals surface area contributed by atoms with Crippen molar-refractivity contribution in [3.05, 3.63) is 53.9 Å². The Morgan fingerprint density at radius 2 is 1.91 bits per heavy atom. The molecule has 8 heteroatoms. The molecule has 0 unspecified atom stereocenters. The summed E-state index contributed by atoms with van der Waals surface area (Å²) in [5, 5.41) is 10.1. The van der Waals surface area contributed by atoms with Gasteiger partial charge in [0, 0.05) is 0 Å². The van der Waals surface area contributed by atoms with E-state index in [1.54, 1.807) is 6.07 Å². The van der Waals surface area contributed by atoms with Crippen LogP contribution in [-0.4, -0.2) is 27.2 Å². The third-order valence-corrected chi connectivity index (χ3v) is 3.22. The fourth-order valence-electron chi connectivity index (χ4n) is 2.09. The van der Waals surface area contributed by atoms with Gasteiger partial charge in [0.1, 0.15) is 22.8 Å². The molecule has 3 aromatic rings. The van der Waals surface area contributed by atoms with Gasteiger partial charge in [0.15, 0.2) is 0 Å². The standard InChI is InChI=1S/C15H10F3N3O2/c1-23-10-4-2-3-9-12(10)20-14(21-13(9)22)15(17,18)11-6-5-8(16)7-19-11/h2-7H,1H3,(H,20,21,22). The van der Waals surface area contributed by atoms with Crippen molar-refractivity contribution >= 4 is 10.9 Å². The van der Waals surface area contributed by atoms with Crippen LogP contribution in [0.2, 0.25) is 0 Å². The van der Waals surface area contributed by atoms with Crippen LogP contribution < -0.4 is 4.74 Å². The van der Waals surface area contributed by atoms with Crippen LogP contribution in [0.15, 0.2) is 36.5 Å². The Balaban J connectivity index is 2.21. The van der Waals surface area contributed by atoms with Crippen molar-refractivity contribution in [1.82, 2.24) is 15.0 Å². The van der Waals surface area contributed by atoms with Crippen LogP contribution >= 0.6 is 0 Å². The molecule has 1 aromatic carbocycles. The fraction of sp³-hybridized carbons (Fsp3) is 0.133. The van der Waals surface area contributed by atoms with Gasteiger partial charge in [-0.1, -0.05) is 6.07 Å². The molecular formula is C15H10F3N3O2. The number of methoxy groups -OCH3 is 1. The van der Waals surface area contributed by atoms with E-state index >= 15 is 0 Å². The van der Waals surface area contributed by atoms with Gasteiger partial charge in [-0.25, -0.2) is 9.37 Å². The summed E-state index contributed by atoms with van der Waals surface area (Å²) in [5.74, 6) is -5.80. The van der Waals surface area contributed by atoms with Crippen LogP contribution in [0.1, 0.15) is 11.5 Å². The second-order valence-corrected chi connectivity index (χ2v) is 4.66. The predicted molar refractivity (Wildman–Crippen MR) is 74.9 cm³/mol. The number of pyridine rings is 1. The van der Waals surface area contributed by atoms with Crippen molar-refractivity contribution in [1.29, 1.82) is 0 Å². The number of hydrogen-bond acceptors (Lipinski definition) is 5. The maximum atomic E-state index is 14.5. The van der Waals surface area contributed by atoms with Gasteiger partial charge in [0.05, 0.1) is 18.7 Å². The minimum absolute atomic E-state index is 0.0410. The van der Waals surface area contributed by atoms with Crippen molar-refractivity contribution in [3.63, 3.8) is 0 Å². The third kappa shape index (κ3) is 2.52. The summed E-state index contributed by atoms with van der Waals surface area (Å²) in [6.45, 7) is 0. The van der Waals surface area contributed by atoms with Gasteiger partial charge in [-0.2, -0.15) is 13.8 Å². The van der Waals surface area contributed by atoms with Crippen LogP contribution in [0.5, 0.6) is 11.6 Å². The third-order valence-electron chi connectivity index (χ3n) is 3.22. The first-order valence-corrected chi connectivity index (χ1v) is 6.47. The van der Waals surface area contributed by atoms with Crippen molar-refractivity contribution in [2.75, 3.05) is 7.11 Å². The summed E-state index contributed by atoms with van der Waals surface area (Å²) in [7, 11) is 1.35. The van der Waals surface area contributed by atoms with Gasteiger partial charge in [-0.05, 0) is 24.3 Å². The van der Waals surface area contributed by atoms with Gasteiger partial charge in [0.2, 0.25) is 11.7 Å². The molecule has 0 aliphatic heterocycles. The number of aromatic hydroxyl groups is 1. The monoisotopic (exact) mass is 321 g/mol. The van der Waals surface area contributed by atoms with Gasteiger partial charge in [-0.3, -0.25) is 4.98 Å². The van der Waals surface area contributed by atoms with Gasteiger partial charge < -0.3 is 9.84 Å². The molecule has 0 saturated carbocycles. The molecule has 3 rings (SSSR count). The van der Waals surface area contributed by atoms with E-state index in [2.05, 4.69) is 15.0 Å². The van der Waals surface area contributed by atoms with Gasteiger partial charge >= 0.3 is 5.92 Å². The van der Waals surface area contributed by atoms with E-state index in [0.29, 0.717) is 6.20 Å². The van der Waals surface area contributed by atoms with Crippen molar-refractivity contribution in [3.8, 4) is 11.6 Å². The van der Waals surface area contributed by atoms with E-state index in [-0.39, 0.29) is 16.7 Å². The molecule has 1 N–H and O–H groups in total. The Morgan fingerprint density at radius 3 is 2.57 bits per heavy atom. The number of ether oxygens (including phenoxy) is 1. The quantitative estimate of drug-likeness (QED) is 0.803. The molecule has 0 fully saturated rings. The summed E-state index contributed by atoms with van der Waals surface area (Å²) in [4.78, 5) is 10.6. The zero-order valence-electron chi connectivity index (χ0n) is 11.8. The predicted octanol–water partition coefficient (Wildman–Crippen LogP) is 3.02. The van der Waals surface area contributed by atoms with E-state index in [9.17, 15) is 18.3 Å². The highest BCUT2D eigenvalue weighted by atomic mass is 19.3. The van der Waals surface area contributed by atoms with Crippen molar-refractivity contribution in [2.45, 2.75) is 5.92 Å². The highest BCUT2D eigenvalue weighted by Crippen LogP contribution is 2.36. The number of hydrogen-bond donors (Lipinski definition) is 1. The summed E-state index contributed by atoms with van der Waals surface area (Å²) in [6.07, 6.45) is 0.671. The molecule has 118 valence electrons. The lowest BCUT2D eigenvalue weighted by molar-refractivity contribution is 0.0277. The van der Waals surface area contributed by atoms with E-state index in [0.717, 1.165) is 12.1 Å². The van der Waals surface area contributed by atoms with Crippen LogP contribution in [0.3, 0.4) is 0 Å². The van der Waals surface area contributed by atoms with Crippen LogP contribution in [-0.2, 0) is 5.92 Å². The molecule has 0 aliphatic rings. The largest absolute Gasteiger partial charge is 0.494 e. The first-order valence-electron chi connectivity index (χ1n) is 6.47. The smallest absolute Gasteiger partial charge is 0.348 e. The first-order chi connectivity index (χ1) is 10.9. The molecule has 0 saturated heterocycles. The van der Waals surface area contributed by atoms with Crippen molar-refractivity contribution < 1.29 is 23.0 Å². The number of nitrogens with zero attached hydrogens (tertiary/aromatic N) is 3. The maximum Gasteiger partial charge on any atom is 0.348 e. The molecule has 0 aliphatic carbocycles. The number of alkyl halides is 2. The highest BCUT2D eigenvalue weighted by molar-refractivity contribution is 5.88. The number of fused-ring (bicyclic) bond motifs is 1. The number of halogens is 3. The van der Waals surface area contributed by atoms with E-state index in [1.807, 2.05) is 0 Å². The van der Waals surface area contributed by atoms with Crippen LogP contribution in [0.25, 0.3) is 10.9 Å².